The first kappa shape index (κ1) is 38.0. The predicted octanol–water partition coefficient (Wildman–Crippen LogP) is -9.97. The van der Waals surface area contributed by atoms with Crippen LogP contribution >= 0.6 is 0 Å². The molecule has 0 aromatic rings. The van der Waals surface area contributed by atoms with Crippen LogP contribution in [0.5, 0.6) is 0 Å². The molecule has 0 aromatic heterocycles. The Labute approximate surface area is 260 Å². The van der Waals surface area contributed by atoms with Gasteiger partial charge in [0, 0.05) is 0 Å². The molecule has 15 N–H and O–H groups in total. The van der Waals surface area contributed by atoms with E-state index >= 15 is 0 Å². The van der Waals surface area contributed by atoms with Crippen molar-refractivity contribution in [3.05, 3.63) is 0 Å². The fourth-order valence-electron chi connectivity index (χ4n) is 5.69. The zero-order valence-electron chi connectivity index (χ0n) is 24.3. The van der Waals surface area contributed by atoms with E-state index in [1.54, 1.807) is 0 Å². The van der Waals surface area contributed by atoms with Gasteiger partial charge in [0.05, 0.1) is 19.8 Å². The first-order valence-corrected chi connectivity index (χ1v) is 14.5. The first-order chi connectivity index (χ1) is 21.4. The second kappa shape index (κ2) is 15.0. The van der Waals surface area contributed by atoms with Crippen LogP contribution < -0.4 is 0 Å². The van der Waals surface area contributed by atoms with Crippen LogP contribution in [0.25, 0.3) is 0 Å². The monoisotopic (exact) mass is 680 g/mol. The van der Waals surface area contributed by atoms with Gasteiger partial charge in [-0.25, -0.2) is 0 Å². The van der Waals surface area contributed by atoms with E-state index in [1.165, 1.54) is 0 Å². The summed E-state index contributed by atoms with van der Waals surface area (Å²) < 4.78 is 32.2. The average Bonchev–Trinajstić information content (AvgIpc) is 3.03. The molecular formula is C25H44O21. The number of ether oxygens (including phenoxy) is 6. The Hall–Kier alpha value is -0.840. The van der Waals surface area contributed by atoms with E-state index in [4.69, 9.17) is 28.4 Å². The molecule has 0 aromatic carbocycles. The summed E-state index contributed by atoms with van der Waals surface area (Å²) in [5.41, 5.74) is -2.35. The lowest BCUT2D eigenvalue weighted by Crippen LogP contribution is -2.71. The Kier molecular flexibility index (Phi) is 12.3. The molecule has 21 heteroatoms. The molecule has 0 amide bonds. The first-order valence-electron chi connectivity index (χ1n) is 14.5. The van der Waals surface area contributed by atoms with E-state index in [2.05, 4.69) is 0 Å². The van der Waals surface area contributed by atoms with Gasteiger partial charge < -0.3 is 105 Å². The molecule has 4 rings (SSSR count). The Morgan fingerprint density at radius 3 is 1.24 bits per heavy atom. The van der Waals surface area contributed by atoms with Gasteiger partial charge in [0.15, 0.2) is 18.9 Å². The molecule has 0 spiro atoms. The quantitative estimate of drug-likeness (QED) is 0.107. The van der Waals surface area contributed by atoms with Crippen molar-refractivity contribution in [2.45, 2.75) is 135 Å². The van der Waals surface area contributed by atoms with Crippen LogP contribution in [0, 0.1) is 0 Å². The van der Waals surface area contributed by atoms with Crippen molar-refractivity contribution in [1.29, 1.82) is 0 Å². The highest BCUT2D eigenvalue weighted by atomic mass is 16.7. The second-order valence-corrected chi connectivity index (χ2v) is 12.1. The van der Waals surface area contributed by atoms with E-state index in [9.17, 15) is 76.6 Å². The molecule has 46 heavy (non-hydrogen) atoms. The summed E-state index contributed by atoms with van der Waals surface area (Å²) in [6.45, 7) is -1.21. The minimum atomic E-state index is -2.35. The van der Waals surface area contributed by atoms with Crippen molar-refractivity contribution in [2.24, 2.45) is 0 Å². The summed E-state index contributed by atoms with van der Waals surface area (Å²) in [5, 5.41) is 153. The maximum atomic E-state index is 10.5. The van der Waals surface area contributed by atoms with Gasteiger partial charge in [-0.2, -0.15) is 0 Å². The molecule has 270 valence electrons. The largest absolute Gasteiger partial charge is 0.394 e. The number of hydrogen-bond donors (Lipinski definition) is 15. The molecule has 21 atom stereocenters. The number of aliphatic hydroxyl groups is 15. The third-order valence-electron chi connectivity index (χ3n) is 8.84. The standard InChI is InChI=1S/C25H44O21/c1-25(40)20(38)17(36)19(18(37)21(25)39)46-24-16(35)13(32)10(29)7(45-24)4-42-23-15(34)12(31)9(28)6(44-23)3-41-22-14(33)11(30)8(27)5(2-26)43-22/h5-24,26-40H,2-4H2,1H3/t5?,6?,7?,8-,9-,10-,11+,12+,13+,14?,15?,16?,17+,18?,19?,20?,21?,22+,23+,24-,25?/m0/s1. The molecule has 0 bridgehead atoms. The van der Waals surface area contributed by atoms with Crippen molar-refractivity contribution in [3.8, 4) is 0 Å². The van der Waals surface area contributed by atoms with Crippen LogP contribution in [-0.2, 0) is 28.4 Å². The highest BCUT2D eigenvalue weighted by Crippen LogP contribution is 2.34. The predicted molar refractivity (Wildman–Crippen MR) is 139 cm³/mol. The molecular weight excluding hydrogens is 636 g/mol. The minimum Gasteiger partial charge on any atom is -0.394 e. The van der Waals surface area contributed by atoms with E-state index < -0.39 is 148 Å². The Morgan fingerprint density at radius 2 is 0.826 bits per heavy atom. The second-order valence-electron chi connectivity index (χ2n) is 12.1. The molecule has 4 fully saturated rings. The van der Waals surface area contributed by atoms with E-state index in [1.807, 2.05) is 0 Å². The summed E-state index contributed by atoms with van der Waals surface area (Å²) in [7, 11) is 0. The third kappa shape index (κ3) is 7.21. The Balaban J connectivity index is 1.38. The van der Waals surface area contributed by atoms with Gasteiger partial charge in [-0.1, -0.05) is 0 Å². The fourth-order valence-corrected chi connectivity index (χ4v) is 5.69. The van der Waals surface area contributed by atoms with Crippen molar-refractivity contribution in [2.75, 3.05) is 19.8 Å². The number of rotatable bonds is 9. The summed E-state index contributed by atoms with van der Waals surface area (Å²) in [6.07, 6.45) is -36.4. The molecule has 3 saturated heterocycles. The molecule has 3 heterocycles. The molecule has 11 unspecified atom stereocenters. The summed E-state index contributed by atoms with van der Waals surface area (Å²) >= 11 is 0. The zero-order valence-corrected chi connectivity index (χ0v) is 24.3. The van der Waals surface area contributed by atoms with Crippen LogP contribution in [0.1, 0.15) is 6.92 Å². The molecule has 3 aliphatic heterocycles. The van der Waals surface area contributed by atoms with Gasteiger partial charge in [0.1, 0.15) is 109 Å². The normalized spacial score (nSPS) is 55.3. The molecule has 0 radical (unpaired) electrons. The topological polar surface area (TPSA) is 359 Å². The Bertz CT molecular complexity index is 956. The van der Waals surface area contributed by atoms with Crippen molar-refractivity contribution in [3.63, 3.8) is 0 Å². The summed E-state index contributed by atoms with van der Waals surface area (Å²) in [4.78, 5) is 0. The lowest BCUT2D eigenvalue weighted by Gasteiger charge is -2.49. The minimum absolute atomic E-state index is 0.659. The lowest BCUT2D eigenvalue weighted by molar-refractivity contribution is -0.358. The zero-order chi connectivity index (χ0) is 34.4. The van der Waals surface area contributed by atoms with Gasteiger partial charge in [-0.05, 0) is 6.92 Å². The van der Waals surface area contributed by atoms with Crippen molar-refractivity contribution in [1.82, 2.24) is 0 Å². The number of aliphatic hydroxyl groups excluding tert-OH is 14. The van der Waals surface area contributed by atoms with Gasteiger partial charge >= 0.3 is 0 Å². The highest BCUT2D eigenvalue weighted by Gasteiger charge is 2.58. The van der Waals surface area contributed by atoms with Crippen LogP contribution in [0.2, 0.25) is 0 Å². The van der Waals surface area contributed by atoms with Crippen LogP contribution in [-0.4, -0.2) is 225 Å². The molecule has 1 aliphatic carbocycles. The molecule has 4 aliphatic rings. The summed E-state index contributed by atoms with van der Waals surface area (Å²) in [6, 6.07) is 0. The van der Waals surface area contributed by atoms with Crippen LogP contribution in [0.15, 0.2) is 0 Å². The SMILES string of the molecule is CC1(O)C(O)C(O)C(O[C@@H]2OC(CO[C@@H]3OC(CO[C@@H]4OC(CO)[C@H](O)[C@@H](O)C4O)[C@H](O)[C@@H](O)C3O)[C@H](O)[C@@H](O)C2O)[C@@H](O)C1O. The van der Waals surface area contributed by atoms with E-state index in [-0.39, 0.29) is 0 Å². The smallest absolute Gasteiger partial charge is 0.187 e. The maximum Gasteiger partial charge on any atom is 0.187 e. The lowest BCUT2D eigenvalue weighted by atomic mass is 9.76. The van der Waals surface area contributed by atoms with Crippen LogP contribution in [0.4, 0.5) is 0 Å². The van der Waals surface area contributed by atoms with E-state index in [0.29, 0.717) is 0 Å². The average molecular weight is 681 g/mol. The van der Waals surface area contributed by atoms with Crippen molar-refractivity contribution < 1.29 is 105 Å². The third-order valence-corrected chi connectivity index (χ3v) is 8.84. The summed E-state index contributed by atoms with van der Waals surface area (Å²) in [5.74, 6) is 0. The van der Waals surface area contributed by atoms with Gasteiger partial charge in [-0.3, -0.25) is 0 Å². The number of hydrogen-bond acceptors (Lipinski definition) is 21. The fraction of sp³-hybridized carbons (Fsp3) is 1.00. The van der Waals surface area contributed by atoms with Gasteiger partial charge in [-0.15, -0.1) is 0 Å². The van der Waals surface area contributed by atoms with Gasteiger partial charge in [0.25, 0.3) is 0 Å². The van der Waals surface area contributed by atoms with Crippen LogP contribution in [0.3, 0.4) is 0 Å². The molecule has 21 nitrogen and oxygen atoms in total. The van der Waals surface area contributed by atoms with Crippen molar-refractivity contribution >= 4 is 0 Å². The maximum absolute atomic E-state index is 10.5. The highest BCUT2D eigenvalue weighted by molar-refractivity contribution is 5.07. The van der Waals surface area contributed by atoms with Gasteiger partial charge in [0.2, 0.25) is 0 Å². The Morgan fingerprint density at radius 1 is 0.478 bits per heavy atom. The molecule has 1 saturated carbocycles. The van der Waals surface area contributed by atoms with E-state index in [0.717, 1.165) is 6.92 Å².